The van der Waals surface area contributed by atoms with Gasteiger partial charge in [-0.1, -0.05) is 4.49 Å². The Morgan fingerprint density at radius 3 is 2.64 bits per heavy atom. The third-order valence-corrected chi connectivity index (χ3v) is 3.42. The number of carbonyl (C=O) groups excluding carboxylic acids is 1. The standard InChI is InChI=1S/C8H7N3OS2/c1-4-3-6(13-10-4)7(12)8-5(2)9-11-14-8/h3H,1-2H3. The Balaban J connectivity index is 2.38. The zero-order chi connectivity index (χ0) is 10.1. The molecule has 0 bridgehead atoms. The number of nitrogens with zero attached hydrogens (tertiary/aromatic N) is 3. The first-order valence-electron chi connectivity index (χ1n) is 3.95. The van der Waals surface area contributed by atoms with Crippen molar-refractivity contribution in [2.75, 3.05) is 0 Å². The lowest BCUT2D eigenvalue weighted by atomic mass is 10.2. The van der Waals surface area contributed by atoms with Crippen LogP contribution in [0.2, 0.25) is 0 Å². The van der Waals surface area contributed by atoms with E-state index in [9.17, 15) is 4.79 Å². The molecule has 0 radical (unpaired) electrons. The molecular weight excluding hydrogens is 218 g/mol. The fraction of sp³-hybridized carbons (Fsp3) is 0.250. The van der Waals surface area contributed by atoms with E-state index in [0.717, 1.165) is 17.2 Å². The van der Waals surface area contributed by atoms with Crippen LogP contribution in [0.4, 0.5) is 0 Å². The zero-order valence-corrected chi connectivity index (χ0v) is 9.28. The minimum Gasteiger partial charge on any atom is -0.287 e. The third kappa shape index (κ3) is 1.58. The molecule has 0 aromatic carbocycles. The van der Waals surface area contributed by atoms with E-state index in [1.54, 1.807) is 13.0 Å². The molecule has 4 nitrogen and oxygen atoms in total. The monoisotopic (exact) mass is 225 g/mol. The molecule has 0 atom stereocenters. The van der Waals surface area contributed by atoms with E-state index in [1.807, 2.05) is 6.92 Å². The Morgan fingerprint density at radius 1 is 1.36 bits per heavy atom. The Bertz CT molecular complexity index is 474. The third-order valence-electron chi connectivity index (χ3n) is 1.71. The number of hydrogen-bond acceptors (Lipinski definition) is 6. The first-order valence-corrected chi connectivity index (χ1v) is 5.50. The predicted octanol–water partition coefficient (Wildman–Crippen LogP) is 1.84. The van der Waals surface area contributed by atoms with Gasteiger partial charge in [-0.25, -0.2) is 0 Å². The van der Waals surface area contributed by atoms with Gasteiger partial charge in [-0.05, 0) is 43.0 Å². The topological polar surface area (TPSA) is 55.7 Å². The fourth-order valence-corrected chi connectivity index (χ4v) is 2.40. The smallest absolute Gasteiger partial charge is 0.218 e. The number of ketones is 1. The highest BCUT2D eigenvalue weighted by atomic mass is 32.1. The Hall–Kier alpha value is -1.14. The van der Waals surface area contributed by atoms with Gasteiger partial charge in [-0.15, -0.1) is 5.10 Å². The molecule has 0 amide bonds. The number of carbonyl (C=O) groups is 1. The second-order valence-electron chi connectivity index (χ2n) is 2.85. The molecule has 0 N–H and O–H groups in total. The Morgan fingerprint density at radius 2 is 2.14 bits per heavy atom. The summed E-state index contributed by atoms with van der Waals surface area (Å²) in [6, 6.07) is 1.78. The van der Waals surface area contributed by atoms with Crippen molar-refractivity contribution >= 4 is 28.8 Å². The van der Waals surface area contributed by atoms with Crippen LogP contribution < -0.4 is 0 Å². The van der Waals surface area contributed by atoms with Crippen LogP contribution >= 0.6 is 23.1 Å². The summed E-state index contributed by atoms with van der Waals surface area (Å²) in [7, 11) is 0. The molecular formula is C8H7N3OS2. The summed E-state index contributed by atoms with van der Waals surface area (Å²) >= 11 is 2.35. The van der Waals surface area contributed by atoms with Crippen molar-refractivity contribution in [1.82, 2.24) is 14.0 Å². The van der Waals surface area contributed by atoms with E-state index in [0.29, 0.717) is 15.4 Å². The van der Waals surface area contributed by atoms with Crippen LogP contribution in [0.5, 0.6) is 0 Å². The highest BCUT2D eigenvalue weighted by Gasteiger charge is 2.17. The molecule has 0 saturated heterocycles. The van der Waals surface area contributed by atoms with Crippen molar-refractivity contribution in [3.05, 3.63) is 27.2 Å². The van der Waals surface area contributed by atoms with Crippen molar-refractivity contribution in [3.8, 4) is 0 Å². The summed E-state index contributed by atoms with van der Waals surface area (Å²) in [6.07, 6.45) is 0. The lowest BCUT2D eigenvalue weighted by Gasteiger charge is -1.90. The molecule has 0 spiro atoms. The maximum Gasteiger partial charge on any atom is 0.218 e. The summed E-state index contributed by atoms with van der Waals surface area (Å²) in [5.74, 6) is -0.0249. The molecule has 0 saturated carbocycles. The van der Waals surface area contributed by atoms with E-state index in [-0.39, 0.29) is 5.78 Å². The van der Waals surface area contributed by atoms with Crippen LogP contribution in [-0.2, 0) is 0 Å². The van der Waals surface area contributed by atoms with Gasteiger partial charge in [0.1, 0.15) is 4.88 Å². The molecule has 0 fully saturated rings. The molecule has 2 aromatic heterocycles. The van der Waals surface area contributed by atoms with Crippen LogP contribution in [0.3, 0.4) is 0 Å². The molecule has 14 heavy (non-hydrogen) atoms. The second kappa shape index (κ2) is 3.55. The molecule has 0 aliphatic carbocycles. The number of rotatable bonds is 2. The van der Waals surface area contributed by atoms with E-state index in [1.165, 1.54) is 11.5 Å². The van der Waals surface area contributed by atoms with Gasteiger partial charge in [0.25, 0.3) is 0 Å². The van der Waals surface area contributed by atoms with Crippen molar-refractivity contribution in [1.29, 1.82) is 0 Å². The molecule has 0 unspecified atom stereocenters. The number of aromatic nitrogens is 3. The molecule has 2 heterocycles. The number of aryl methyl sites for hydroxylation is 2. The van der Waals surface area contributed by atoms with Crippen LogP contribution in [0.25, 0.3) is 0 Å². The first kappa shape index (κ1) is 9.42. The SMILES string of the molecule is Cc1cc(C(=O)c2snnc2C)sn1. The van der Waals surface area contributed by atoms with Gasteiger partial charge >= 0.3 is 0 Å². The Kier molecular flexibility index (Phi) is 2.39. The van der Waals surface area contributed by atoms with Gasteiger partial charge in [0, 0.05) is 0 Å². The minimum atomic E-state index is -0.0249. The van der Waals surface area contributed by atoms with Gasteiger partial charge < -0.3 is 0 Å². The molecule has 72 valence electrons. The van der Waals surface area contributed by atoms with Crippen LogP contribution in [0.15, 0.2) is 6.07 Å². The quantitative estimate of drug-likeness (QED) is 0.732. The molecule has 2 aromatic rings. The molecule has 0 aliphatic heterocycles. The van der Waals surface area contributed by atoms with Crippen LogP contribution in [-0.4, -0.2) is 19.7 Å². The van der Waals surface area contributed by atoms with E-state index >= 15 is 0 Å². The van der Waals surface area contributed by atoms with Gasteiger partial charge in [0.2, 0.25) is 5.78 Å². The summed E-state index contributed by atoms with van der Waals surface area (Å²) in [5.41, 5.74) is 1.56. The highest BCUT2D eigenvalue weighted by Crippen LogP contribution is 2.18. The Labute approximate surface area is 88.9 Å². The summed E-state index contributed by atoms with van der Waals surface area (Å²) in [6.45, 7) is 3.65. The van der Waals surface area contributed by atoms with Crippen LogP contribution in [0, 0.1) is 13.8 Å². The maximum absolute atomic E-state index is 11.8. The van der Waals surface area contributed by atoms with E-state index in [2.05, 4.69) is 14.0 Å². The second-order valence-corrected chi connectivity index (χ2v) is 4.41. The van der Waals surface area contributed by atoms with Crippen molar-refractivity contribution < 1.29 is 4.79 Å². The fourth-order valence-electron chi connectivity index (χ4n) is 1.02. The minimum absolute atomic E-state index is 0.0249. The summed E-state index contributed by atoms with van der Waals surface area (Å²) in [4.78, 5) is 13.1. The molecule has 6 heteroatoms. The van der Waals surface area contributed by atoms with Gasteiger partial charge in [-0.2, -0.15) is 4.37 Å². The highest BCUT2D eigenvalue weighted by molar-refractivity contribution is 7.12. The summed E-state index contributed by atoms with van der Waals surface area (Å²) < 4.78 is 7.79. The van der Waals surface area contributed by atoms with E-state index in [4.69, 9.17) is 0 Å². The average molecular weight is 225 g/mol. The maximum atomic E-state index is 11.8. The first-order chi connectivity index (χ1) is 6.68. The van der Waals surface area contributed by atoms with Gasteiger partial charge in [-0.3, -0.25) is 4.79 Å². The van der Waals surface area contributed by atoms with Crippen LogP contribution in [0.1, 0.15) is 25.9 Å². The molecule has 0 aliphatic rings. The van der Waals surface area contributed by atoms with Gasteiger partial charge in [0.15, 0.2) is 0 Å². The van der Waals surface area contributed by atoms with Gasteiger partial charge in [0.05, 0.1) is 16.3 Å². The largest absolute Gasteiger partial charge is 0.287 e. The predicted molar refractivity (Wildman–Crippen MR) is 54.9 cm³/mol. The lowest BCUT2D eigenvalue weighted by Crippen LogP contribution is -1.97. The van der Waals surface area contributed by atoms with Crippen molar-refractivity contribution in [2.45, 2.75) is 13.8 Å². The number of hydrogen-bond donors (Lipinski definition) is 0. The van der Waals surface area contributed by atoms with E-state index < -0.39 is 0 Å². The average Bonchev–Trinajstić information content (AvgIpc) is 2.73. The van der Waals surface area contributed by atoms with Crippen molar-refractivity contribution in [3.63, 3.8) is 0 Å². The summed E-state index contributed by atoms with van der Waals surface area (Å²) in [5, 5.41) is 3.80. The lowest BCUT2D eigenvalue weighted by molar-refractivity contribution is 0.104. The molecule has 2 rings (SSSR count). The van der Waals surface area contributed by atoms with Crippen molar-refractivity contribution in [2.24, 2.45) is 0 Å². The normalized spacial score (nSPS) is 10.4. The zero-order valence-electron chi connectivity index (χ0n) is 7.64.